The third-order valence-corrected chi connectivity index (χ3v) is 2.26. The van der Waals surface area contributed by atoms with Crippen LogP contribution in [0.1, 0.15) is 30.6 Å². The monoisotopic (exact) mass is 221 g/mol. The van der Waals surface area contributed by atoms with Crippen molar-refractivity contribution in [3.63, 3.8) is 0 Å². The summed E-state index contributed by atoms with van der Waals surface area (Å²) in [4.78, 5) is 25.8. The van der Waals surface area contributed by atoms with Crippen molar-refractivity contribution in [2.75, 3.05) is 7.11 Å². The van der Waals surface area contributed by atoms with Gasteiger partial charge in [0.25, 0.3) is 5.78 Å². The van der Waals surface area contributed by atoms with Crippen LogP contribution in [0.5, 0.6) is 0 Å². The second-order valence-corrected chi connectivity index (χ2v) is 3.25. The van der Waals surface area contributed by atoms with Crippen molar-refractivity contribution in [3.05, 3.63) is 22.3 Å². The van der Waals surface area contributed by atoms with Gasteiger partial charge in [-0.2, -0.15) is 0 Å². The number of Topliss-reactive ketones (excluding diaryl/α,β-unsaturated/α-hetero) is 1. The molecule has 1 rings (SSSR count). The largest absolute Gasteiger partial charge is 0.463 e. The second kappa shape index (κ2) is 5.30. The van der Waals surface area contributed by atoms with Gasteiger partial charge in [0, 0.05) is 16.8 Å². The Kier molecular flexibility index (Phi) is 4.05. The Morgan fingerprint density at radius 3 is 2.69 bits per heavy atom. The van der Waals surface area contributed by atoms with Crippen LogP contribution >= 0.6 is 0 Å². The minimum atomic E-state index is -0.842. The van der Waals surface area contributed by atoms with E-state index < -0.39 is 11.8 Å². The third kappa shape index (κ3) is 2.21. The van der Waals surface area contributed by atoms with Crippen molar-refractivity contribution in [2.24, 2.45) is 0 Å². The van der Waals surface area contributed by atoms with E-state index in [2.05, 4.69) is 9.72 Å². The van der Waals surface area contributed by atoms with Gasteiger partial charge in [-0.25, -0.2) is 4.79 Å². The zero-order chi connectivity index (χ0) is 12.1. The Labute approximate surface area is 93.6 Å². The van der Waals surface area contributed by atoms with E-state index in [0.29, 0.717) is 5.56 Å². The quantitative estimate of drug-likeness (QED) is 0.455. The molecule has 4 nitrogen and oxygen atoms in total. The van der Waals surface area contributed by atoms with E-state index in [1.807, 2.05) is 19.9 Å². The van der Waals surface area contributed by atoms with Gasteiger partial charge in [0.15, 0.2) is 0 Å². The Hall–Kier alpha value is -1.84. The average Bonchev–Trinajstić information content (AvgIpc) is 2.70. The van der Waals surface area contributed by atoms with Crippen molar-refractivity contribution in [2.45, 2.75) is 20.3 Å². The molecule has 0 aliphatic carbocycles. The number of ketones is 1. The van der Waals surface area contributed by atoms with Crippen molar-refractivity contribution in [3.8, 4) is 0 Å². The fourth-order valence-corrected chi connectivity index (χ4v) is 1.53. The molecular weight excluding hydrogens is 206 g/mol. The van der Waals surface area contributed by atoms with Gasteiger partial charge in [-0.05, 0) is 13.3 Å². The average molecular weight is 221 g/mol. The van der Waals surface area contributed by atoms with Crippen LogP contribution in [0.4, 0.5) is 0 Å². The number of aromatic nitrogens is 1. The number of hydrogen-bond donors (Lipinski definition) is 1. The van der Waals surface area contributed by atoms with Gasteiger partial charge < -0.3 is 9.72 Å². The van der Waals surface area contributed by atoms with Crippen molar-refractivity contribution >= 4 is 23.9 Å². The molecule has 0 radical (unpaired) electrons. The molecule has 0 aliphatic heterocycles. The molecule has 1 heterocycles. The maximum atomic E-state index is 11.6. The molecule has 0 saturated heterocycles. The third-order valence-electron chi connectivity index (χ3n) is 2.26. The normalized spacial score (nSPS) is 12.9. The first-order chi connectivity index (χ1) is 7.65. The standard InChI is InChI=1S/C12H15NO3/c1-4-6-10-8(5-2)9(7-13-10)11(14)12(15)16-3/h5-7,13H,4H2,1-3H3/b8-5-,10-6+. The molecule has 0 aliphatic rings. The van der Waals surface area contributed by atoms with Crippen LogP contribution in [0.15, 0.2) is 6.20 Å². The van der Waals surface area contributed by atoms with E-state index in [4.69, 9.17) is 0 Å². The highest BCUT2D eigenvalue weighted by atomic mass is 16.5. The zero-order valence-electron chi connectivity index (χ0n) is 9.66. The molecule has 0 bridgehead atoms. The maximum Gasteiger partial charge on any atom is 0.379 e. The summed E-state index contributed by atoms with van der Waals surface area (Å²) in [6.07, 6.45) is 6.15. The Bertz CT molecular complexity index is 511. The molecule has 4 heteroatoms. The number of methoxy groups -OCH3 is 1. The molecular formula is C12H15NO3. The fourth-order valence-electron chi connectivity index (χ4n) is 1.53. The number of rotatable bonds is 3. The minimum Gasteiger partial charge on any atom is -0.463 e. The minimum absolute atomic E-state index is 0.356. The first-order valence-corrected chi connectivity index (χ1v) is 5.12. The summed E-state index contributed by atoms with van der Waals surface area (Å²) in [5, 5.41) is 1.61. The molecule has 1 N–H and O–H groups in total. The van der Waals surface area contributed by atoms with E-state index in [1.54, 1.807) is 6.08 Å². The summed E-state index contributed by atoms with van der Waals surface area (Å²) in [6.45, 7) is 3.83. The van der Waals surface area contributed by atoms with Gasteiger partial charge in [-0.15, -0.1) is 0 Å². The molecule has 0 fully saturated rings. The zero-order valence-corrected chi connectivity index (χ0v) is 9.66. The Morgan fingerprint density at radius 1 is 1.50 bits per heavy atom. The number of carbonyl (C=O) groups excluding carboxylic acids is 2. The number of nitrogens with one attached hydrogen (secondary N) is 1. The molecule has 0 atom stereocenters. The topological polar surface area (TPSA) is 59.2 Å². The van der Waals surface area contributed by atoms with Crippen LogP contribution in [0, 0.1) is 0 Å². The fraction of sp³-hybridized carbons (Fsp3) is 0.333. The molecule has 16 heavy (non-hydrogen) atoms. The van der Waals surface area contributed by atoms with Gasteiger partial charge in [-0.3, -0.25) is 4.79 Å². The van der Waals surface area contributed by atoms with E-state index in [-0.39, 0.29) is 0 Å². The lowest BCUT2D eigenvalue weighted by Crippen LogP contribution is -2.29. The lowest BCUT2D eigenvalue weighted by Gasteiger charge is -1.94. The molecule has 1 aromatic rings. The van der Waals surface area contributed by atoms with Crippen molar-refractivity contribution < 1.29 is 14.3 Å². The van der Waals surface area contributed by atoms with E-state index in [1.165, 1.54) is 13.3 Å². The van der Waals surface area contributed by atoms with Gasteiger partial charge in [0.1, 0.15) is 0 Å². The number of aromatic amines is 1. The highest BCUT2D eigenvalue weighted by molar-refractivity contribution is 6.40. The Balaban J connectivity index is 3.33. The van der Waals surface area contributed by atoms with Crippen LogP contribution < -0.4 is 10.6 Å². The van der Waals surface area contributed by atoms with Gasteiger partial charge >= 0.3 is 5.97 Å². The Morgan fingerprint density at radius 2 is 2.19 bits per heavy atom. The summed E-state index contributed by atoms with van der Waals surface area (Å²) in [6, 6.07) is 0. The summed E-state index contributed by atoms with van der Waals surface area (Å²) >= 11 is 0. The van der Waals surface area contributed by atoms with Crippen molar-refractivity contribution in [1.82, 2.24) is 4.98 Å². The highest BCUT2D eigenvalue weighted by Crippen LogP contribution is 1.92. The lowest BCUT2D eigenvalue weighted by atomic mass is 10.1. The molecule has 0 amide bonds. The highest BCUT2D eigenvalue weighted by Gasteiger charge is 2.18. The SMILES string of the molecule is C/C=c1/c(C(=O)C(=O)OC)c[nH]/c1=C/CC. The molecule has 0 aromatic carbocycles. The number of H-pyrrole nitrogens is 1. The molecule has 0 saturated carbocycles. The first kappa shape index (κ1) is 12.2. The summed E-state index contributed by atoms with van der Waals surface area (Å²) in [5.74, 6) is -1.47. The van der Waals surface area contributed by atoms with Gasteiger partial charge in [-0.1, -0.05) is 19.1 Å². The van der Waals surface area contributed by atoms with E-state index in [0.717, 1.165) is 17.0 Å². The van der Waals surface area contributed by atoms with Crippen LogP contribution in [-0.4, -0.2) is 23.8 Å². The maximum absolute atomic E-state index is 11.6. The van der Waals surface area contributed by atoms with Crippen LogP contribution in [0.3, 0.4) is 0 Å². The number of ether oxygens (including phenoxy) is 1. The van der Waals surface area contributed by atoms with Gasteiger partial charge in [0.05, 0.1) is 12.7 Å². The number of carbonyl (C=O) groups is 2. The smallest absolute Gasteiger partial charge is 0.379 e. The molecule has 0 spiro atoms. The summed E-state index contributed by atoms with van der Waals surface area (Å²) in [7, 11) is 1.20. The molecule has 86 valence electrons. The predicted octanol–water partition coefficient (Wildman–Crippen LogP) is 0.361. The van der Waals surface area contributed by atoms with Crippen LogP contribution in [0.2, 0.25) is 0 Å². The molecule has 1 aromatic heterocycles. The predicted molar refractivity (Wildman–Crippen MR) is 61.3 cm³/mol. The van der Waals surface area contributed by atoms with E-state index >= 15 is 0 Å². The van der Waals surface area contributed by atoms with E-state index in [9.17, 15) is 9.59 Å². The lowest BCUT2D eigenvalue weighted by molar-refractivity contribution is -0.135. The summed E-state index contributed by atoms with van der Waals surface area (Å²) < 4.78 is 4.41. The first-order valence-electron chi connectivity index (χ1n) is 5.12. The summed E-state index contributed by atoms with van der Waals surface area (Å²) in [5.41, 5.74) is 0.356. The van der Waals surface area contributed by atoms with Crippen LogP contribution in [-0.2, 0) is 9.53 Å². The second-order valence-electron chi connectivity index (χ2n) is 3.25. The number of esters is 1. The van der Waals surface area contributed by atoms with Crippen LogP contribution in [0.25, 0.3) is 12.2 Å². The van der Waals surface area contributed by atoms with Gasteiger partial charge in [0.2, 0.25) is 0 Å². The molecule has 0 unspecified atom stereocenters. The van der Waals surface area contributed by atoms with Crippen molar-refractivity contribution in [1.29, 1.82) is 0 Å². The number of hydrogen-bond acceptors (Lipinski definition) is 3.